The maximum absolute atomic E-state index is 15.2. The first kappa shape index (κ1) is 19.9. The number of carbonyl (C=O) groups excluding carboxylic acids is 1. The number of thiazole rings is 1. The van der Waals surface area contributed by atoms with Gasteiger partial charge in [-0.05, 0) is 31.0 Å². The van der Waals surface area contributed by atoms with E-state index in [2.05, 4.69) is 25.5 Å². The first-order valence-electron chi connectivity index (χ1n) is 9.47. The summed E-state index contributed by atoms with van der Waals surface area (Å²) in [6, 6.07) is 3.42. The molecule has 11 heteroatoms. The van der Waals surface area contributed by atoms with Crippen molar-refractivity contribution in [2.24, 2.45) is 5.92 Å². The molecule has 0 saturated heterocycles. The van der Waals surface area contributed by atoms with E-state index in [4.69, 9.17) is 4.74 Å². The molecule has 8 nitrogen and oxygen atoms in total. The Hall–Kier alpha value is -3.02. The fourth-order valence-electron chi connectivity index (χ4n) is 3.63. The number of halogens is 2. The normalized spacial score (nSPS) is 19.1. The summed E-state index contributed by atoms with van der Waals surface area (Å²) in [6.07, 6.45) is -0.766. The van der Waals surface area contributed by atoms with Crippen LogP contribution in [0.15, 0.2) is 18.3 Å². The molecule has 1 unspecified atom stereocenters. The summed E-state index contributed by atoms with van der Waals surface area (Å²) < 4.78 is 33.2. The number of methoxy groups -OCH3 is 1. The van der Waals surface area contributed by atoms with Crippen molar-refractivity contribution < 1.29 is 23.4 Å². The average molecular weight is 445 g/mol. The molecule has 5 rings (SSSR count). The van der Waals surface area contributed by atoms with Gasteiger partial charge in [-0.15, -0.1) is 0 Å². The van der Waals surface area contributed by atoms with Crippen LogP contribution in [0.4, 0.5) is 13.9 Å². The Morgan fingerprint density at radius 2 is 2.19 bits per heavy atom. The molecule has 0 spiro atoms. The number of amides is 1. The first-order valence-corrected chi connectivity index (χ1v) is 10.3. The van der Waals surface area contributed by atoms with Gasteiger partial charge in [0.05, 0.1) is 28.9 Å². The minimum absolute atomic E-state index is 0.0219. The summed E-state index contributed by atoms with van der Waals surface area (Å²) in [7, 11) is 1.28. The Bertz CT molecular complexity index is 1340. The monoisotopic (exact) mass is 445 g/mol. The van der Waals surface area contributed by atoms with Gasteiger partial charge in [-0.2, -0.15) is 5.10 Å². The predicted octanol–water partition coefficient (Wildman–Crippen LogP) is 3.62. The Kier molecular flexibility index (Phi) is 4.68. The van der Waals surface area contributed by atoms with Crippen LogP contribution < -0.4 is 5.32 Å². The van der Waals surface area contributed by atoms with Gasteiger partial charge < -0.3 is 15.2 Å². The summed E-state index contributed by atoms with van der Waals surface area (Å²) in [5, 5.41) is 20.4. The highest BCUT2D eigenvalue weighted by Crippen LogP contribution is 2.39. The quantitative estimate of drug-likeness (QED) is 0.405. The van der Waals surface area contributed by atoms with E-state index in [1.165, 1.54) is 13.3 Å². The van der Waals surface area contributed by atoms with Crippen molar-refractivity contribution in [3.8, 4) is 11.3 Å². The highest BCUT2D eigenvalue weighted by molar-refractivity contribution is 7.22. The molecule has 3 atom stereocenters. The first-order chi connectivity index (χ1) is 14.9. The maximum Gasteiger partial charge on any atom is 0.232 e. The minimum Gasteiger partial charge on any atom is -0.364 e. The number of carbonyl (C=O) groups is 1. The third-order valence-corrected chi connectivity index (χ3v) is 6.26. The maximum atomic E-state index is 15.2. The number of fused-ring (bicyclic) bond motifs is 2. The minimum atomic E-state index is -1.45. The molecule has 1 amide bonds. The fraction of sp³-hybridized carbons (Fsp3) is 0.300. The number of nitrogens with one attached hydrogen (secondary N) is 2. The molecule has 1 aliphatic carbocycles. The zero-order chi connectivity index (χ0) is 21.9. The number of anilines is 1. The smallest absolute Gasteiger partial charge is 0.232 e. The number of rotatable bonds is 5. The molecule has 1 aliphatic rings. The molecule has 1 saturated carbocycles. The lowest BCUT2D eigenvalue weighted by Crippen LogP contribution is -2.14. The van der Waals surface area contributed by atoms with Gasteiger partial charge in [0, 0.05) is 18.1 Å². The summed E-state index contributed by atoms with van der Waals surface area (Å²) in [4.78, 5) is 21.4. The van der Waals surface area contributed by atoms with Crippen molar-refractivity contribution in [3.63, 3.8) is 0 Å². The topological polar surface area (TPSA) is 113 Å². The lowest BCUT2D eigenvalue weighted by atomic mass is 9.96. The van der Waals surface area contributed by atoms with Gasteiger partial charge in [-0.25, -0.2) is 18.7 Å². The van der Waals surface area contributed by atoms with Crippen molar-refractivity contribution in [2.45, 2.75) is 25.8 Å². The van der Waals surface area contributed by atoms with Crippen LogP contribution in [-0.2, 0) is 9.53 Å². The van der Waals surface area contributed by atoms with Crippen LogP contribution in [0.2, 0.25) is 0 Å². The van der Waals surface area contributed by atoms with Crippen LogP contribution in [0.5, 0.6) is 0 Å². The lowest BCUT2D eigenvalue weighted by Gasteiger charge is -2.16. The number of aromatic amines is 1. The largest absolute Gasteiger partial charge is 0.364 e. The van der Waals surface area contributed by atoms with Gasteiger partial charge in [0.1, 0.15) is 22.3 Å². The molecule has 1 fully saturated rings. The Labute approximate surface area is 178 Å². The van der Waals surface area contributed by atoms with E-state index in [1.807, 2.05) is 0 Å². The van der Waals surface area contributed by atoms with Gasteiger partial charge in [0.2, 0.25) is 5.91 Å². The van der Waals surface area contributed by atoms with Crippen LogP contribution in [0.3, 0.4) is 0 Å². The zero-order valence-corrected chi connectivity index (χ0v) is 17.3. The van der Waals surface area contributed by atoms with E-state index in [9.17, 15) is 14.3 Å². The number of hydrogen-bond acceptors (Lipinski definition) is 7. The number of ether oxygens (including phenoxy) is 1. The number of aromatic nitrogens is 4. The van der Waals surface area contributed by atoms with E-state index < -0.39 is 30.1 Å². The molecule has 0 aliphatic heterocycles. The van der Waals surface area contributed by atoms with Crippen molar-refractivity contribution in [2.75, 3.05) is 12.4 Å². The van der Waals surface area contributed by atoms with Crippen molar-refractivity contribution in [1.82, 2.24) is 20.2 Å². The molecule has 0 radical (unpaired) electrons. The molecule has 0 bridgehead atoms. The van der Waals surface area contributed by atoms with Crippen LogP contribution in [0.1, 0.15) is 23.8 Å². The van der Waals surface area contributed by atoms with Gasteiger partial charge in [0.15, 0.2) is 11.4 Å². The third-order valence-electron chi connectivity index (χ3n) is 5.38. The van der Waals surface area contributed by atoms with E-state index in [0.29, 0.717) is 37.6 Å². The zero-order valence-electron chi connectivity index (χ0n) is 16.4. The highest BCUT2D eigenvalue weighted by Gasteiger charge is 2.43. The summed E-state index contributed by atoms with van der Waals surface area (Å²) in [5.74, 6) is -1.63. The van der Waals surface area contributed by atoms with E-state index in [-0.39, 0.29) is 17.5 Å². The number of benzene rings is 1. The van der Waals surface area contributed by atoms with Crippen molar-refractivity contribution in [3.05, 3.63) is 35.3 Å². The second-order valence-electron chi connectivity index (χ2n) is 7.36. The van der Waals surface area contributed by atoms with Gasteiger partial charge in [0.25, 0.3) is 0 Å². The molecule has 1 aromatic carbocycles. The van der Waals surface area contributed by atoms with Crippen molar-refractivity contribution >= 4 is 43.6 Å². The fourth-order valence-corrected chi connectivity index (χ4v) is 4.47. The summed E-state index contributed by atoms with van der Waals surface area (Å²) >= 11 is 1.16. The predicted molar refractivity (Wildman–Crippen MR) is 111 cm³/mol. The molecule has 31 heavy (non-hydrogen) atoms. The van der Waals surface area contributed by atoms with E-state index in [0.717, 1.165) is 11.3 Å². The number of nitrogens with zero attached hydrogens (tertiary/aromatic N) is 3. The second-order valence-corrected chi connectivity index (χ2v) is 8.34. The standard InChI is InChI=1S/C20H17F2N5O3S/c1-7-13(9-6-23-27-16(9)14(15(7)22)19(29)30-2)11-3-4-12-18(24-11)31-20(25-12)26-17(28)8-5-10(8)21/h3-4,6,8,10,19,29H,5H2,1-2H3,(H,23,27)(H,25,26,28)/t8-,10+,19?/m1/s1. The van der Waals surface area contributed by atoms with Gasteiger partial charge in [-0.1, -0.05) is 11.3 Å². The number of hydrogen-bond donors (Lipinski definition) is 3. The van der Waals surface area contributed by atoms with Crippen LogP contribution in [0, 0.1) is 18.7 Å². The number of pyridine rings is 1. The van der Waals surface area contributed by atoms with E-state index in [1.54, 1.807) is 19.1 Å². The van der Waals surface area contributed by atoms with Gasteiger partial charge in [-0.3, -0.25) is 9.89 Å². The Morgan fingerprint density at radius 1 is 1.42 bits per heavy atom. The number of alkyl halides is 1. The molecular formula is C20H17F2N5O3S. The lowest BCUT2D eigenvalue weighted by molar-refractivity contribution is -0.117. The average Bonchev–Trinajstić information content (AvgIpc) is 3.12. The summed E-state index contributed by atoms with van der Waals surface area (Å²) in [5.41, 5.74) is 2.15. The van der Waals surface area contributed by atoms with E-state index >= 15 is 4.39 Å². The van der Waals surface area contributed by atoms with Crippen LogP contribution in [-0.4, -0.2) is 44.5 Å². The third kappa shape index (κ3) is 3.25. The van der Waals surface area contributed by atoms with Crippen LogP contribution >= 0.6 is 11.3 Å². The second kappa shape index (κ2) is 7.29. The SMILES string of the molecule is COC(O)c1c(F)c(C)c(-c2ccc3nc(NC(=O)[C@@H]4C[C@@H]4F)sc3n2)c2cn[nH]c12. The molecule has 3 heterocycles. The summed E-state index contributed by atoms with van der Waals surface area (Å²) in [6.45, 7) is 1.59. The number of aliphatic hydroxyl groups is 1. The molecule has 160 valence electrons. The molecular weight excluding hydrogens is 428 g/mol. The molecule has 3 N–H and O–H groups in total. The molecule has 3 aromatic heterocycles. The number of H-pyrrole nitrogens is 1. The van der Waals surface area contributed by atoms with Crippen molar-refractivity contribution in [1.29, 1.82) is 0 Å². The Balaban J connectivity index is 1.58. The Morgan fingerprint density at radius 3 is 2.90 bits per heavy atom. The highest BCUT2D eigenvalue weighted by atomic mass is 32.1. The van der Waals surface area contributed by atoms with Gasteiger partial charge >= 0.3 is 0 Å². The van der Waals surface area contributed by atoms with Crippen LogP contribution in [0.25, 0.3) is 32.5 Å². The molecule has 4 aromatic rings. The number of aliphatic hydroxyl groups excluding tert-OH is 1.